The van der Waals surface area contributed by atoms with Gasteiger partial charge in [-0.2, -0.15) is 0 Å². The second-order valence-corrected chi connectivity index (χ2v) is 3.38. The number of carbonyl (C=O) groups excluding carboxylic acids is 1. The van der Waals surface area contributed by atoms with Crippen LogP contribution in [0.25, 0.3) is 0 Å². The molecule has 3 nitrogen and oxygen atoms in total. The Morgan fingerprint density at radius 2 is 2.15 bits per heavy atom. The van der Waals surface area contributed by atoms with Crippen molar-refractivity contribution in [2.45, 2.75) is 19.3 Å². The largest absolute Gasteiger partial charge is 0.275 e. The van der Waals surface area contributed by atoms with Gasteiger partial charge in [0.2, 0.25) is 5.91 Å². The monoisotopic (exact) mass is 193 g/mol. The Hall–Kier alpha value is -0.710. The Morgan fingerprint density at radius 3 is 2.46 bits per heavy atom. The molecule has 0 aromatic carbocycles. The van der Waals surface area contributed by atoms with Crippen LogP contribution in [-0.2, 0) is 9.63 Å². The van der Waals surface area contributed by atoms with E-state index in [-0.39, 0.29) is 12.3 Å². The summed E-state index contributed by atoms with van der Waals surface area (Å²) in [7, 11) is 2.75. The number of carbonyl (C=O) groups is 1. The smallest absolute Gasteiger partial charge is 0.252 e. The molecule has 5 heteroatoms. The molecular weight excluding hydrogens is 180 g/mol. The zero-order valence-electron chi connectivity index (χ0n) is 7.88. The molecule has 1 aliphatic carbocycles. The summed E-state index contributed by atoms with van der Waals surface area (Å²) in [5, 5.41) is 0.996. The quantitative estimate of drug-likeness (QED) is 0.618. The normalized spacial score (nSPS) is 30.8. The Balaban J connectivity index is 2.54. The van der Waals surface area contributed by atoms with Gasteiger partial charge in [0.1, 0.15) is 0 Å². The van der Waals surface area contributed by atoms with Crippen molar-refractivity contribution in [3.63, 3.8) is 0 Å². The van der Waals surface area contributed by atoms with Crippen LogP contribution in [0.5, 0.6) is 0 Å². The molecule has 2 atom stereocenters. The lowest BCUT2D eigenvalue weighted by Gasteiger charge is -2.42. The highest BCUT2D eigenvalue weighted by Crippen LogP contribution is 2.48. The van der Waals surface area contributed by atoms with Crippen molar-refractivity contribution in [3.8, 4) is 0 Å². The minimum atomic E-state index is -2.69. The number of nitrogens with zero attached hydrogens (tertiary/aromatic N) is 1. The van der Waals surface area contributed by atoms with E-state index in [2.05, 4.69) is 4.84 Å². The molecule has 0 bridgehead atoms. The molecule has 1 fully saturated rings. The fraction of sp³-hybridized carbons (Fsp3) is 0.875. The Morgan fingerprint density at radius 1 is 1.62 bits per heavy atom. The number of hydrogen-bond acceptors (Lipinski definition) is 2. The van der Waals surface area contributed by atoms with Gasteiger partial charge in [-0.25, -0.2) is 13.8 Å². The molecule has 0 saturated heterocycles. The Labute approximate surface area is 75.6 Å². The first-order valence-electron chi connectivity index (χ1n) is 4.09. The van der Waals surface area contributed by atoms with Gasteiger partial charge in [0.15, 0.2) is 0 Å². The first kappa shape index (κ1) is 10.4. The summed E-state index contributed by atoms with van der Waals surface area (Å²) in [6.07, 6.45) is -0.360. The average Bonchev–Trinajstić information content (AvgIpc) is 2.11. The van der Waals surface area contributed by atoms with Crippen LogP contribution in [0, 0.1) is 11.8 Å². The van der Waals surface area contributed by atoms with Gasteiger partial charge in [0.25, 0.3) is 5.92 Å². The molecule has 0 aromatic heterocycles. The second kappa shape index (κ2) is 3.21. The molecular formula is C8H13F2NO2. The third kappa shape index (κ3) is 1.65. The minimum absolute atomic E-state index is 0.360. The SMILES string of the molecule is CON(C)C(=O)C1CC(F)(F)C1C. The van der Waals surface area contributed by atoms with Crippen molar-refractivity contribution < 1.29 is 18.4 Å². The lowest BCUT2D eigenvalue weighted by atomic mass is 9.70. The van der Waals surface area contributed by atoms with Crippen LogP contribution in [0.2, 0.25) is 0 Å². The number of hydroxylamine groups is 2. The third-order valence-electron chi connectivity index (χ3n) is 2.66. The van der Waals surface area contributed by atoms with Gasteiger partial charge in [-0.1, -0.05) is 6.92 Å². The number of alkyl halides is 2. The summed E-state index contributed by atoms with van der Waals surface area (Å²) < 4.78 is 25.4. The van der Waals surface area contributed by atoms with E-state index in [4.69, 9.17) is 0 Å². The minimum Gasteiger partial charge on any atom is -0.275 e. The molecule has 1 aliphatic rings. The summed E-state index contributed by atoms with van der Waals surface area (Å²) in [6, 6.07) is 0. The Bertz CT molecular complexity index is 220. The first-order chi connectivity index (χ1) is 5.90. The fourth-order valence-electron chi connectivity index (χ4n) is 1.41. The third-order valence-corrected chi connectivity index (χ3v) is 2.66. The van der Waals surface area contributed by atoms with Crippen LogP contribution >= 0.6 is 0 Å². The van der Waals surface area contributed by atoms with Gasteiger partial charge in [-0.05, 0) is 0 Å². The van der Waals surface area contributed by atoms with E-state index < -0.39 is 17.8 Å². The predicted molar refractivity (Wildman–Crippen MR) is 42.0 cm³/mol. The van der Waals surface area contributed by atoms with Crippen molar-refractivity contribution in [1.29, 1.82) is 0 Å². The number of amides is 1. The molecule has 76 valence electrons. The maximum atomic E-state index is 12.7. The van der Waals surface area contributed by atoms with Crippen LogP contribution < -0.4 is 0 Å². The topological polar surface area (TPSA) is 29.5 Å². The molecule has 13 heavy (non-hydrogen) atoms. The molecule has 0 radical (unpaired) electrons. The summed E-state index contributed by atoms with van der Waals surface area (Å²) in [4.78, 5) is 15.9. The molecule has 1 rings (SSSR count). The van der Waals surface area contributed by atoms with Crippen molar-refractivity contribution in [2.75, 3.05) is 14.2 Å². The molecule has 0 heterocycles. The highest BCUT2D eigenvalue weighted by molar-refractivity contribution is 5.79. The summed E-state index contributed by atoms with van der Waals surface area (Å²) in [5.41, 5.74) is 0. The van der Waals surface area contributed by atoms with Gasteiger partial charge in [-0.15, -0.1) is 0 Å². The summed E-state index contributed by atoms with van der Waals surface area (Å²) in [5.74, 6) is -4.53. The second-order valence-electron chi connectivity index (χ2n) is 3.38. The van der Waals surface area contributed by atoms with Gasteiger partial charge in [0.05, 0.1) is 13.0 Å². The highest BCUT2D eigenvalue weighted by Gasteiger charge is 2.56. The summed E-state index contributed by atoms with van der Waals surface area (Å²) >= 11 is 0. The molecule has 0 N–H and O–H groups in total. The van der Waals surface area contributed by atoms with Crippen LogP contribution in [0.4, 0.5) is 8.78 Å². The highest BCUT2D eigenvalue weighted by atomic mass is 19.3. The van der Waals surface area contributed by atoms with Gasteiger partial charge in [-0.3, -0.25) is 9.63 Å². The Kier molecular flexibility index (Phi) is 2.56. The van der Waals surface area contributed by atoms with E-state index in [0.29, 0.717) is 0 Å². The van der Waals surface area contributed by atoms with Crippen LogP contribution in [0.1, 0.15) is 13.3 Å². The number of hydrogen-bond donors (Lipinski definition) is 0. The van der Waals surface area contributed by atoms with E-state index in [9.17, 15) is 13.6 Å². The maximum absolute atomic E-state index is 12.7. The zero-order chi connectivity index (χ0) is 10.2. The lowest BCUT2D eigenvalue weighted by molar-refractivity contribution is -0.208. The van der Waals surface area contributed by atoms with Crippen molar-refractivity contribution in [3.05, 3.63) is 0 Å². The average molecular weight is 193 g/mol. The van der Waals surface area contributed by atoms with E-state index in [1.807, 2.05) is 0 Å². The van der Waals surface area contributed by atoms with Gasteiger partial charge < -0.3 is 0 Å². The predicted octanol–water partition coefficient (Wildman–Crippen LogP) is 1.30. The molecule has 1 amide bonds. The zero-order valence-corrected chi connectivity index (χ0v) is 7.88. The standard InChI is InChI=1S/C8H13F2NO2/c1-5-6(4-8(5,9)10)7(12)11(2)13-3/h5-6H,4H2,1-3H3. The van der Waals surface area contributed by atoms with Crippen LogP contribution in [-0.4, -0.2) is 31.1 Å². The van der Waals surface area contributed by atoms with Crippen LogP contribution in [0.3, 0.4) is 0 Å². The van der Waals surface area contributed by atoms with Gasteiger partial charge in [0, 0.05) is 19.4 Å². The van der Waals surface area contributed by atoms with E-state index in [1.54, 1.807) is 0 Å². The van der Waals surface area contributed by atoms with E-state index >= 15 is 0 Å². The lowest BCUT2D eigenvalue weighted by Crippen LogP contribution is -2.52. The van der Waals surface area contributed by atoms with Crippen molar-refractivity contribution >= 4 is 5.91 Å². The molecule has 0 aliphatic heterocycles. The number of rotatable bonds is 2. The van der Waals surface area contributed by atoms with Crippen molar-refractivity contribution in [2.24, 2.45) is 11.8 Å². The summed E-state index contributed by atoms with van der Waals surface area (Å²) in [6.45, 7) is 1.38. The molecule has 0 aromatic rings. The number of halogens is 2. The van der Waals surface area contributed by atoms with E-state index in [0.717, 1.165) is 5.06 Å². The van der Waals surface area contributed by atoms with Crippen molar-refractivity contribution in [1.82, 2.24) is 5.06 Å². The van der Waals surface area contributed by atoms with E-state index in [1.165, 1.54) is 21.1 Å². The molecule has 1 saturated carbocycles. The molecule has 2 unspecified atom stereocenters. The van der Waals surface area contributed by atoms with Crippen LogP contribution in [0.15, 0.2) is 0 Å². The molecule has 0 spiro atoms. The maximum Gasteiger partial charge on any atom is 0.252 e. The fourth-order valence-corrected chi connectivity index (χ4v) is 1.41. The first-order valence-corrected chi connectivity index (χ1v) is 4.09. The van der Waals surface area contributed by atoms with Gasteiger partial charge >= 0.3 is 0 Å².